The van der Waals surface area contributed by atoms with Crippen LogP contribution < -0.4 is 10.1 Å². The molecule has 4 aromatic carbocycles. The summed E-state index contributed by atoms with van der Waals surface area (Å²) in [6, 6.07) is 30.0. The smallest absolute Gasteiger partial charge is 0.269 e. The summed E-state index contributed by atoms with van der Waals surface area (Å²) in [7, 11) is 0. The molecule has 0 saturated carbocycles. The molecular weight excluding hydrogens is 665 g/mol. The number of amides is 1. The molecule has 0 bridgehead atoms. The van der Waals surface area contributed by atoms with Crippen molar-refractivity contribution in [2.75, 3.05) is 11.1 Å². The van der Waals surface area contributed by atoms with Crippen LogP contribution >= 0.6 is 34.9 Å². The number of aromatic nitrogens is 4. The molecule has 0 aliphatic carbocycles. The van der Waals surface area contributed by atoms with Crippen LogP contribution in [0, 0.1) is 10.1 Å². The molecule has 0 atom stereocenters. The molecule has 0 saturated heterocycles. The molecule has 48 heavy (non-hydrogen) atoms. The highest BCUT2D eigenvalue weighted by Crippen LogP contribution is 2.33. The van der Waals surface area contributed by atoms with Gasteiger partial charge in [-0.15, -0.1) is 21.5 Å². The van der Waals surface area contributed by atoms with Crippen molar-refractivity contribution in [1.82, 2.24) is 19.7 Å². The number of anilines is 1. The Bertz CT molecular complexity index is 2040. The van der Waals surface area contributed by atoms with E-state index >= 15 is 0 Å². The molecule has 0 spiro atoms. The van der Waals surface area contributed by atoms with Crippen LogP contribution in [0.3, 0.4) is 0 Å². The number of carbonyl (C=O) groups is 1. The molecule has 10 nitrogen and oxygen atoms in total. The summed E-state index contributed by atoms with van der Waals surface area (Å²) >= 11 is 4.41. The number of nitro groups is 1. The van der Waals surface area contributed by atoms with Crippen molar-refractivity contribution in [3.05, 3.63) is 124 Å². The first-order valence-electron chi connectivity index (χ1n) is 15.0. The highest BCUT2D eigenvalue weighted by atomic mass is 32.2. The minimum Gasteiger partial charge on any atom is -0.486 e. The number of nitrogens with zero attached hydrogens (tertiary/aromatic N) is 5. The van der Waals surface area contributed by atoms with Crippen LogP contribution in [0.4, 0.5) is 11.4 Å². The van der Waals surface area contributed by atoms with Gasteiger partial charge < -0.3 is 10.1 Å². The van der Waals surface area contributed by atoms with Gasteiger partial charge in [0.2, 0.25) is 5.91 Å². The monoisotopic (exact) mass is 696 g/mol. The summed E-state index contributed by atoms with van der Waals surface area (Å²) < 4.78 is 9.84. The largest absolute Gasteiger partial charge is 0.486 e. The maximum absolute atomic E-state index is 13.0. The molecule has 0 aliphatic rings. The molecule has 1 N–H and O–H groups in total. The van der Waals surface area contributed by atoms with Gasteiger partial charge in [0.1, 0.15) is 12.4 Å². The lowest BCUT2D eigenvalue weighted by atomic mass is 9.87. The van der Waals surface area contributed by atoms with Crippen LogP contribution in [0.1, 0.15) is 37.7 Å². The number of hydrogen-bond acceptors (Lipinski definition) is 10. The Morgan fingerprint density at radius 1 is 0.958 bits per heavy atom. The molecule has 1 amide bonds. The number of hydrogen-bond donors (Lipinski definition) is 1. The molecule has 2 aromatic heterocycles. The number of thiazole rings is 1. The Balaban J connectivity index is 1.08. The van der Waals surface area contributed by atoms with Crippen molar-refractivity contribution in [3.63, 3.8) is 0 Å². The second-order valence-electron chi connectivity index (χ2n) is 11.8. The molecule has 6 rings (SSSR count). The molecule has 13 heteroatoms. The third-order valence-electron chi connectivity index (χ3n) is 7.30. The fraction of sp³-hybridized carbons (Fsp3) is 0.200. The molecule has 0 radical (unpaired) electrons. The van der Waals surface area contributed by atoms with Crippen LogP contribution in [0.5, 0.6) is 5.75 Å². The van der Waals surface area contributed by atoms with Gasteiger partial charge in [-0.25, -0.2) is 4.98 Å². The number of carbonyl (C=O) groups excluding carboxylic acids is 1. The van der Waals surface area contributed by atoms with Crippen LogP contribution in [0.2, 0.25) is 0 Å². The predicted molar refractivity (Wildman–Crippen MR) is 192 cm³/mol. The average molecular weight is 697 g/mol. The second kappa shape index (κ2) is 14.6. The van der Waals surface area contributed by atoms with Gasteiger partial charge >= 0.3 is 0 Å². The van der Waals surface area contributed by atoms with Gasteiger partial charge in [0, 0.05) is 29.3 Å². The molecule has 0 aliphatic heterocycles. The molecule has 2 heterocycles. The average Bonchev–Trinajstić information content (AvgIpc) is 3.69. The zero-order valence-electron chi connectivity index (χ0n) is 26.5. The van der Waals surface area contributed by atoms with Crippen molar-refractivity contribution in [2.24, 2.45) is 0 Å². The quantitative estimate of drug-likeness (QED) is 0.0760. The van der Waals surface area contributed by atoms with Crippen LogP contribution in [-0.4, -0.2) is 36.3 Å². The van der Waals surface area contributed by atoms with Gasteiger partial charge in [0.25, 0.3) is 5.69 Å². The number of non-ortho nitro benzene ring substituents is 1. The Kier molecular flexibility index (Phi) is 10.1. The van der Waals surface area contributed by atoms with E-state index in [1.54, 1.807) is 23.9 Å². The Morgan fingerprint density at radius 3 is 2.42 bits per heavy atom. The molecule has 244 valence electrons. The van der Waals surface area contributed by atoms with E-state index in [9.17, 15) is 14.9 Å². The lowest BCUT2D eigenvalue weighted by Crippen LogP contribution is -2.14. The summed E-state index contributed by atoms with van der Waals surface area (Å²) in [5.74, 6) is 1.98. The second-order valence-corrected chi connectivity index (χ2v) is 15.0. The van der Waals surface area contributed by atoms with E-state index in [4.69, 9.17) is 4.74 Å². The van der Waals surface area contributed by atoms with E-state index in [0.29, 0.717) is 22.4 Å². The maximum atomic E-state index is 13.0. The number of para-hydroxylation sites is 1. The Morgan fingerprint density at radius 2 is 1.71 bits per heavy atom. The van der Waals surface area contributed by atoms with Gasteiger partial charge in [-0.1, -0.05) is 86.8 Å². The fourth-order valence-electron chi connectivity index (χ4n) is 4.75. The van der Waals surface area contributed by atoms with Gasteiger partial charge in [-0.3, -0.25) is 19.5 Å². The summed E-state index contributed by atoms with van der Waals surface area (Å²) in [5, 5.41) is 23.3. The molecule has 0 unspecified atom stereocenters. The van der Waals surface area contributed by atoms with E-state index in [1.807, 2.05) is 65.2 Å². The predicted octanol–water partition coefficient (Wildman–Crippen LogP) is 8.68. The zero-order valence-corrected chi connectivity index (χ0v) is 28.9. The lowest BCUT2D eigenvalue weighted by molar-refractivity contribution is -0.384. The van der Waals surface area contributed by atoms with Crippen molar-refractivity contribution < 1.29 is 14.5 Å². The van der Waals surface area contributed by atoms with Gasteiger partial charge in [-0.2, -0.15) is 0 Å². The first kappa shape index (κ1) is 33.2. The third-order valence-corrected chi connectivity index (χ3v) is 10.5. The fourth-order valence-corrected chi connectivity index (χ4v) is 7.59. The topological polar surface area (TPSA) is 125 Å². The summed E-state index contributed by atoms with van der Waals surface area (Å²) in [4.78, 5) is 28.2. The van der Waals surface area contributed by atoms with E-state index in [2.05, 4.69) is 53.4 Å². The summed E-state index contributed by atoms with van der Waals surface area (Å²) in [6.07, 6.45) is 0. The highest BCUT2D eigenvalue weighted by Gasteiger charge is 2.18. The maximum Gasteiger partial charge on any atom is 0.269 e. The van der Waals surface area contributed by atoms with Crippen LogP contribution in [0.15, 0.2) is 107 Å². The van der Waals surface area contributed by atoms with Crippen molar-refractivity contribution in [3.8, 4) is 11.4 Å². The normalized spacial score (nSPS) is 11.5. The SMILES string of the molecule is CC(C)(C)c1ccc(OCc2nnc(SCC(=O)Nc3ccc4nc(SCc5ccc([N+](=O)[O-])cc5)sc4c3)n2-c2ccccc2)cc1. The third kappa shape index (κ3) is 8.22. The van der Waals surface area contributed by atoms with Crippen molar-refractivity contribution in [1.29, 1.82) is 0 Å². The number of fused-ring (bicyclic) bond motifs is 1. The van der Waals surface area contributed by atoms with Gasteiger partial charge in [-0.05, 0) is 59.0 Å². The van der Waals surface area contributed by atoms with E-state index in [0.717, 1.165) is 31.6 Å². The number of ether oxygens (including phenoxy) is 1. The Hall–Kier alpha value is -4.72. The standard InChI is InChI=1S/C35H32N6O4S3/c1-35(2,3)24-11-16-28(17-12-24)45-20-31-38-39-33(40(31)26-7-5-4-6-8-26)46-22-32(42)36-25-13-18-29-30(19-25)48-34(37-29)47-21-23-9-14-27(15-10-23)41(43)44/h4-19H,20-22H2,1-3H3,(H,36,42). The van der Waals surface area contributed by atoms with Crippen LogP contribution in [0.25, 0.3) is 15.9 Å². The van der Waals surface area contributed by atoms with Crippen molar-refractivity contribution >= 4 is 62.4 Å². The number of nitrogens with one attached hydrogen (secondary N) is 1. The van der Waals surface area contributed by atoms with Gasteiger partial charge in [0.15, 0.2) is 15.3 Å². The minimum absolute atomic E-state index is 0.0567. The first-order valence-corrected chi connectivity index (χ1v) is 17.8. The van der Waals surface area contributed by atoms with E-state index < -0.39 is 4.92 Å². The Labute approximate surface area is 290 Å². The minimum atomic E-state index is -0.405. The number of benzene rings is 4. The lowest BCUT2D eigenvalue weighted by Gasteiger charge is -2.19. The highest BCUT2D eigenvalue weighted by molar-refractivity contribution is 8.00. The summed E-state index contributed by atoms with van der Waals surface area (Å²) in [5.41, 5.74) is 4.74. The molecular formula is C35H32N6O4S3. The molecule has 0 fully saturated rings. The van der Waals surface area contributed by atoms with E-state index in [-0.39, 0.29) is 29.4 Å². The van der Waals surface area contributed by atoms with Crippen molar-refractivity contribution in [2.45, 2.75) is 48.0 Å². The van der Waals surface area contributed by atoms with E-state index in [1.165, 1.54) is 40.8 Å². The van der Waals surface area contributed by atoms with Crippen LogP contribution in [-0.2, 0) is 22.6 Å². The first-order chi connectivity index (χ1) is 23.1. The number of thioether (sulfide) groups is 2. The summed E-state index contributed by atoms with van der Waals surface area (Å²) in [6.45, 7) is 6.74. The number of rotatable bonds is 12. The van der Waals surface area contributed by atoms with Gasteiger partial charge in [0.05, 0.1) is 20.9 Å². The number of nitro benzene ring substituents is 1. The zero-order chi connectivity index (χ0) is 33.7. The molecule has 6 aromatic rings.